The van der Waals surface area contributed by atoms with Crippen molar-refractivity contribution in [2.45, 2.75) is 6.04 Å². The third-order valence-corrected chi connectivity index (χ3v) is 5.15. The summed E-state index contributed by atoms with van der Waals surface area (Å²) in [5.41, 5.74) is 0.418. The lowest BCUT2D eigenvalue weighted by Crippen LogP contribution is -2.32. The van der Waals surface area contributed by atoms with Crippen LogP contribution < -0.4 is 9.47 Å². The van der Waals surface area contributed by atoms with Crippen molar-refractivity contribution < 1.29 is 33.8 Å². The van der Waals surface area contributed by atoms with Crippen LogP contribution in [0.2, 0.25) is 0 Å². The first kappa shape index (κ1) is 22.8. The van der Waals surface area contributed by atoms with Gasteiger partial charge in [0.05, 0.1) is 37.4 Å². The van der Waals surface area contributed by atoms with Crippen LogP contribution in [0, 0.1) is 10.1 Å². The third-order valence-electron chi connectivity index (χ3n) is 5.15. The number of aliphatic hydroxyl groups excluding tert-OH is 1. The second-order valence-electron chi connectivity index (χ2n) is 6.90. The van der Waals surface area contributed by atoms with Gasteiger partial charge >= 0.3 is 0 Å². The molecule has 2 aromatic rings. The number of likely N-dealkylation sites (tertiary alicyclic amines) is 1. The number of non-ortho nitro benzene ring substituents is 1. The Hall–Kier alpha value is -3.92. The van der Waals surface area contributed by atoms with E-state index in [0.717, 1.165) is 0 Å². The molecule has 0 aromatic heterocycles. The van der Waals surface area contributed by atoms with Crippen molar-refractivity contribution in [1.29, 1.82) is 0 Å². The summed E-state index contributed by atoms with van der Waals surface area (Å²) < 4.78 is 15.5. The number of Topliss-reactive ketones (excluding diaryl/α,β-unsaturated/α-hetero) is 1. The minimum atomic E-state index is -0.945. The maximum atomic E-state index is 12.9. The molecular formula is C22H22N2O8. The van der Waals surface area contributed by atoms with Crippen LogP contribution in [-0.4, -0.2) is 61.1 Å². The summed E-state index contributed by atoms with van der Waals surface area (Å²) in [5, 5.41) is 22.1. The Bertz CT molecular complexity index is 1080. The van der Waals surface area contributed by atoms with E-state index in [1.807, 2.05) is 0 Å². The number of aliphatic hydroxyl groups is 1. The molecule has 32 heavy (non-hydrogen) atoms. The van der Waals surface area contributed by atoms with Crippen molar-refractivity contribution in [3.63, 3.8) is 0 Å². The molecule has 0 bridgehead atoms. The lowest BCUT2D eigenvalue weighted by atomic mass is 9.95. The molecule has 0 aliphatic carbocycles. The Morgan fingerprint density at radius 1 is 1.06 bits per heavy atom. The molecule has 1 atom stereocenters. The lowest BCUT2D eigenvalue weighted by Gasteiger charge is -2.25. The van der Waals surface area contributed by atoms with E-state index in [2.05, 4.69) is 0 Å². The van der Waals surface area contributed by atoms with Gasteiger partial charge in [0.1, 0.15) is 5.76 Å². The second kappa shape index (κ2) is 9.48. The van der Waals surface area contributed by atoms with Crippen LogP contribution in [0.4, 0.5) is 5.69 Å². The van der Waals surface area contributed by atoms with Gasteiger partial charge in [0.2, 0.25) is 0 Å². The minimum absolute atomic E-state index is 0.0887. The van der Waals surface area contributed by atoms with E-state index in [4.69, 9.17) is 14.2 Å². The highest BCUT2D eigenvalue weighted by atomic mass is 16.6. The van der Waals surface area contributed by atoms with Gasteiger partial charge in [-0.3, -0.25) is 19.7 Å². The zero-order valence-corrected chi connectivity index (χ0v) is 17.7. The maximum absolute atomic E-state index is 12.9. The van der Waals surface area contributed by atoms with E-state index in [-0.39, 0.29) is 30.0 Å². The number of benzene rings is 2. The molecule has 0 radical (unpaired) electrons. The standard InChI is InChI=1S/C22H22N2O8/c1-30-11-10-23-19(13-4-7-15(8-5-13)24(28)29)18(21(26)22(23)27)20(25)14-6-9-16(31-2)17(12-14)32-3/h4-9,12,19,25H,10-11H2,1-3H3/b20-18+. The Labute approximate surface area is 183 Å². The SMILES string of the molecule is COCCN1C(=O)C(=O)/C(=C(/O)c2ccc(OC)c(OC)c2)C1c1ccc([N+](=O)[O-])cc1. The highest BCUT2D eigenvalue weighted by Crippen LogP contribution is 2.40. The molecule has 1 aliphatic rings. The first-order valence-electron chi connectivity index (χ1n) is 9.58. The fourth-order valence-corrected chi connectivity index (χ4v) is 3.56. The predicted octanol–water partition coefficient (Wildman–Crippen LogP) is 2.68. The second-order valence-corrected chi connectivity index (χ2v) is 6.90. The van der Waals surface area contributed by atoms with E-state index in [9.17, 15) is 24.8 Å². The number of nitrogens with zero attached hydrogens (tertiary/aromatic N) is 2. The number of carbonyl (C=O) groups excluding carboxylic acids is 2. The van der Waals surface area contributed by atoms with Gasteiger partial charge in [-0.1, -0.05) is 0 Å². The quantitative estimate of drug-likeness (QED) is 0.217. The van der Waals surface area contributed by atoms with Crippen LogP contribution in [0.3, 0.4) is 0 Å². The molecular weight excluding hydrogens is 420 g/mol. The molecule has 1 heterocycles. The van der Waals surface area contributed by atoms with Gasteiger partial charge in [-0.2, -0.15) is 0 Å². The molecule has 1 fully saturated rings. The Morgan fingerprint density at radius 2 is 1.72 bits per heavy atom. The number of nitro benzene ring substituents is 1. The number of hydrogen-bond donors (Lipinski definition) is 1. The van der Waals surface area contributed by atoms with Crippen molar-refractivity contribution in [2.24, 2.45) is 0 Å². The molecule has 1 amide bonds. The summed E-state index contributed by atoms with van der Waals surface area (Å²) in [7, 11) is 4.36. The van der Waals surface area contributed by atoms with E-state index in [0.29, 0.717) is 17.1 Å². The molecule has 168 valence electrons. The smallest absolute Gasteiger partial charge is 0.295 e. The molecule has 1 unspecified atom stereocenters. The van der Waals surface area contributed by atoms with Crippen LogP contribution in [-0.2, 0) is 14.3 Å². The summed E-state index contributed by atoms with van der Waals surface area (Å²) >= 11 is 0. The molecule has 3 rings (SSSR count). The molecule has 1 saturated heterocycles. The van der Waals surface area contributed by atoms with E-state index in [1.165, 1.54) is 62.6 Å². The highest BCUT2D eigenvalue weighted by molar-refractivity contribution is 6.46. The fraction of sp³-hybridized carbons (Fsp3) is 0.273. The summed E-state index contributed by atoms with van der Waals surface area (Å²) in [6.07, 6.45) is 0. The topological polar surface area (TPSA) is 128 Å². The average molecular weight is 442 g/mol. The zero-order chi connectivity index (χ0) is 23.4. The van der Waals surface area contributed by atoms with Gasteiger partial charge in [0.15, 0.2) is 11.5 Å². The average Bonchev–Trinajstić information content (AvgIpc) is 3.06. The minimum Gasteiger partial charge on any atom is -0.507 e. The Morgan fingerprint density at radius 3 is 2.28 bits per heavy atom. The monoisotopic (exact) mass is 442 g/mol. The summed E-state index contributed by atoms with van der Waals surface area (Å²) in [4.78, 5) is 37.4. The van der Waals surface area contributed by atoms with E-state index < -0.39 is 28.4 Å². The maximum Gasteiger partial charge on any atom is 0.295 e. The number of ether oxygens (including phenoxy) is 3. The van der Waals surface area contributed by atoms with Gasteiger partial charge < -0.3 is 24.2 Å². The van der Waals surface area contributed by atoms with Crippen LogP contribution in [0.5, 0.6) is 11.5 Å². The number of nitro groups is 1. The van der Waals surface area contributed by atoms with Crippen molar-refractivity contribution >= 4 is 23.1 Å². The molecule has 1 aliphatic heterocycles. The largest absolute Gasteiger partial charge is 0.507 e. The fourth-order valence-electron chi connectivity index (χ4n) is 3.56. The number of carbonyl (C=O) groups is 2. The van der Waals surface area contributed by atoms with Gasteiger partial charge in [0, 0.05) is 31.4 Å². The molecule has 10 nitrogen and oxygen atoms in total. The molecule has 0 spiro atoms. The van der Waals surface area contributed by atoms with Crippen molar-refractivity contribution in [3.05, 3.63) is 69.3 Å². The molecule has 2 aromatic carbocycles. The predicted molar refractivity (Wildman–Crippen MR) is 114 cm³/mol. The Balaban J connectivity index is 2.16. The van der Waals surface area contributed by atoms with Crippen LogP contribution in [0.1, 0.15) is 17.2 Å². The van der Waals surface area contributed by atoms with Gasteiger partial charge in [0.25, 0.3) is 17.4 Å². The van der Waals surface area contributed by atoms with Crippen molar-refractivity contribution in [1.82, 2.24) is 4.90 Å². The summed E-state index contributed by atoms with van der Waals surface area (Å²) in [6.45, 7) is 0.248. The van der Waals surface area contributed by atoms with E-state index >= 15 is 0 Å². The molecule has 10 heteroatoms. The van der Waals surface area contributed by atoms with Crippen LogP contribution in [0.15, 0.2) is 48.0 Å². The number of methoxy groups -OCH3 is 3. The molecule has 1 N–H and O–H groups in total. The number of amides is 1. The first-order chi connectivity index (χ1) is 15.3. The molecule has 0 saturated carbocycles. The summed E-state index contributed by atoms with van der Waals surface area (Å²) in [5.74, 6) is -1.30. The number of rotatable bonds is 8. The van der Waals surface area contributed by atoms with Crippen molar-refractivity contribution in [3.8, 4) is 11.5 Å². The van der Waals surface area contributed by atoms with Crippen LogP contribution >= 0.6 is 0 Å². The van der Waals surface area contributed by atoms with E-state index in [1.54, 1.807) is 6.07 Å². The van der Waals surface area contributed by atoms with Crippen molar-refractivity contribution in [2.75, 3.05) is 34.5 Å². The normalized spacial score (nSPS) is 17.5. The lowest BCUT2D eigenvalue weighted by molar-refractivity contribution is -0.384. The third kappa shape index (κ3) is 4.12. The number of ketones is 1. The van der Waals surface area contributed by atoms with Crippen LogP contribution in [0.25, 0.3) is 5.76 Å². The van der Waals surface area contributed by atoms with Gasteiger partial charge in [-0.15, -0.1) is 0 Å². The highest BCUT2D eigenvalue weighted by Gasteiger charge is 2.46. The number of hydrogen-bond acceptors (Lipinski definition) is 8. The van der Waals surface area contributed by atoms with Gasteiger partial charge in [-0.05, 0) is 35.9 Å². The zero-order valence-electron chi connectivity index (χ0n) is 17.7. The Kier molecular flexibility index (Phi) is 6.74. The van der Waals surface area contributed by atoms with Gasteiger partial charge in [-0.25, -0.2) is 0 Å². The first-order valence-corrected chi connectivity index (χ1v) is 9.58. The summed E-state index contributed by atoms with van der Waals surface area (Å²) in [6, 6.07) is 9.11.